The largest absolute Gasteiger partial charge is 0.371 e. The van der Waals surface area contributed by atoms with E-state index in [4.69, 9.17) is 0 Å². The van der Waals surface area contributed by atoms with Gasteiger partial charge in [-0.2, -0.15) is 0 Å². The highest BCUT2D eigenvalue weighted by Gasteiger charge is 2.42. The van der Waals surface area contributed by atoms with Crippen LogP contribution in [0.15, 0.2) is 42.5 Å². The molecule has 2 aliphatic rings. The van der Waals surface area contributed by atoms with Crippen LogP contribution >= 0.6 is 0 Å². The van der Waals surface area contributed by atoms with Gasteiger partial charge in [-0.15, -0.1) is 0 Å². The smallest absolute Gasteiger partial charge is 0.270 e. The number of anilines is 2. The lowest BCUT2D eigenvalue weighted by Gasteiger charge is -2.35. The molecule has 4 rings (SSSR count). The highest BCUT2D eigenvalue weighted by molar-refractivity contribution is 6.09. The van der Waals surface area contributed by atoms with Crippen LogP contribution in [-0.2, 0) is 15.0 Å². The van der Waals surface area contributed by atoms with Crippen molar-refractivity contribution in [1.29, 1.82) is 0 Å². The second kappa shape index (κ2) is 9.01. The van der Waals surface area contributed by atoms with E-state index >= 15 is 0 Å². The van der Waals surface area contributed by atoms with Gasteiger partial charge in [0.1, 0.15) is 0 Å². The van der Waals surface area contributed by atoms with Crippen molar-refractivity contribution in [3.8, 4) is 0 Å². The summed E-state index contributed by atoms with van der Waals surface area (Å²) in [5.74, 6) is -0.997. The average molecular weight is 450 g/mol. The van der Waals surface area contributed by atoms with Gasteiger partial charge in [0.05, 0.1) is 21.6 Å². The molecule has 0 radical (unpaired) electrons. The van der Waals surface area contributed by atoms with E-state index in [1.807, 2.05) is 6.92 Å². The Bertz CT molecular complexity index is 1110. The van der Waals surface area contributed by atoms with Gasteiger partial charge in [-0.3, -0.25) is 29.8 Å². The predicted molar refractivity (Wildman–Crippen MR) is 123 cm³/mol. The second-order valence-corrected chi connectivity index (χ2v) is 8.50. The first kappa shape index (κ1) is 22.4. The Hall–Kier alpha value is -3.75. The third-order valence-electron chi connectivity index (χ3n) is 6.65. The lowest BCUT2D eigenvalue weighted by Crippen LogP contribution is -2.51. The molecule has 2 aromatic rings. The van der Waals surface area contributed by atoms with E-state index in [-0.39, 0.29) is 29.5 Å². The fourth-order valence-electron chi connectivity index (χ4n) is 4.69. The van der Waals surface area contributed by atoms with Crippen LogP contribution in [0.2, 0.25) is 0 Å². The van der Waals surface area contributed by atoms with Gasteiger partial charge in [-0.05, 0) is 49.4 Å². The number of carbonyl (C=O) groups is 3. The van der Waals surface area contributed by atoms with Crippen molar-refractivity contribution in [3.05, 3.63) is 63.7 Å². The van der Waals surface area contributed by atoms with Gasteiger partial charge in [-0.1, -0.05) is 19.1 Å². The Balaban J connectivity index is 1.58. The summed E-state index contributed by atoms with van der Waals surface area (Å²) in [6.45, 7) is 3.51. The standard InChI is InChI=1S/C24H26N4O5/c1-2-24(12-11-21(29)26-23(24)31)16-5-7-17(8-6-16)25-22(30)19-15-18(28(32)33)9-10-20(19)27-13-3-4-14-27/h5-10,15H,2-4,11-14H2,1H3,(H,25,30)(H,26,29,31). The molecule has 1 unspecified atom stereocenters. The maximum atomic E-state index is 13.1. The van der Waals surface area contributed by atoms with Crippen LogP contribution in [0.3, 0.4) is 0 Å². The molecule has 2 aliphatic heterocycles. The first-order chi connectivity index (χ1) is 15.8. The fourth-order valence-corrected chi connectivity index (χ4v) is 4.69. The van der Waals surface area contributed by atoms with Gasteiger partial charge in [0.25, 0.3) is 11.6 Å². The number of benzene rings is 2. The number of carbonyl (C=O) groups excluding carboxylic acids is 3. The quantitative estimate of drug-likeness (QED) is 0.394. The van der Waals surface area contributed by atoms with Crippen LogP contribution in [0.4, 0.5) is 17.1 Å². The highest BCUT2D eigenvalue weighted by Crippen LogP contribution is 2.36. The van der Waals surface area contributed by atoms with Gasteiger partial charge < -0.3 is 10.2 Å². The second-order valence-electron chi connectivity index (χ2n) is 8.50. The summed E-state index contributed by atoms with van der Waals surface area (Å²) in [6.07, 6.45) is 3.29. The molecule has 172 valence electrons. The topological polar surface area (TPSA) is 122 Å². The lowest BCUT2D eigenvalue weighted by molar-refractivity contribution is -0.384. The van der Waals surface area contributed by atoms with Gasteiger partial charge >= 0.3 is 0 Å². The number of amides is 3. The molecule has 2 aromatic carbocycles. The molecule has 1 atom stereocenters. The summed E-state index contributed by atoms with van der Waals surface area (Å²) in [6, 6.07) is 11.3. The van der Waals surface area contributed by atoms with Crippen LogP contribution < -0.4 is 15.5 Å². The fraction of sp³-hybridized carbons (Fsp3) is 0.375. The minimum Gasteiger partial charge on any atom is -0.371 e. The van der Waals surface area contributed by atoms with Crippen molar-refractivity contribution < 1.29 is 19.3 Å². The van der Waals surface area contributed by atoms with E-state index in [1.165, 1.54) is 12.1 Å². The van der Waals surface area contributed by atoms with Crippen molar-refractivity contribution in [1.82, 2.24) is 5.32 Å². The van der Waals surface area contributed by atoms with E-state index < -0.39 is 16.2 Å². The van der Waals surface area contributed by atoms with E-state index in [0.717, 1.165) is 31.5 Å². The van der Waals surface area contributed by atoms with Crippen molar-refractivity contribution >= 4 is 34.8 Å². The number of hydrogen-bond donors (Lipinski definition) is 2. The van der Waals surface area contributed by atoms with Gasteiger partial charge in [-0.25, -0.2) is 0 Å². The van der Waals surface area contributed by atoms with Gasteiger partial charge in [0, 0.05) is 37.3 Å². The minimum absolute atomic E-state index is 0.138. The Morgan fingerprint density at radius 1 is 1.15 bits per heavy atom. The Morgan fingerprint density at radius 2 is 1.85 bits per heavy atom. The van der Waals surface area contributed by atoms with Gasteiger partial charge in [0.2, 0.25) is 11.8 Å². The Kier molecular flexibility index (Phi) is 6.13. The van der Waals surface area contributed by atoms with Crippen LogP contribution in [-0.4, -0.2) is 35.7 Å². The molecule has 0 spiro atoms. The highest BCUT2D eigenvalue weighted by atomic mass is 16.6. The third kappa shape index (κ3) is 4.30. The first-order valence-corrected chi connectivity index (χ1v) is 11.1. The average Bonchev–Trinajstić information content (AvgIpc) is 3.34. The summed E-state index contributed by atoms with van der Waals surface area (Å²) in [4.78, 5) is 50.1. The van der Waals surface area contributed by atoms with Crippen LogP contribution in [0.1, 0.15) is 54.9 Å². The number of nitrogens with one attached hydrogen (secondary N) is 2. The molecule has 33 heavy (non-hydrogen) atoms. The molecule has 0 bridgehead atoms. The maximum Gasteiger partial charge on any atom is 0.270 e. The number of nitro groups is 1. The molecule has 0 aliphatic carbocycles. The number of piperidine rings is 1. The van der Waals surface area contributed by atoms with Crippen molar-refractivity contribution in [2.45, 2.75) is 44.4 Å². The van der Waals surface area contributed by atoms with E-state index in [9.17, 15) is 24.5 Å². The summed E-state index contributed by atoms with van der Waals surface area (Å²) in [5, 5.41) is 16.5. The van der Waals surface area contributed by atoms with E-state index in [1.54, 1.807) is 30.3 Å². The van der Waals surface area contributed by atoms with Crippen molar-refractivity contribution in [3.63, 3.8) is 0 Å². The van der Waals surface area contributed by atoms with Gasteiger partial charge in [0.15, 0.2) is 0 Å². The molecule has 2 heterocycles. The van der Waals surface area contributed by atoms with Crippen molar-refractivity contribution in [2.75, 3.05) is 23.3 Å². The monoisotopic (exact) mass is 450 g/mol. The molecule has 0 saturated carbocycles. The molecular formula is C24H26N4O5. The molecule has 9 heteroatoms. The maximum absolute atomic E-state index is 13.1. The zero-order valence-corrected chi connectivity index (χ0v) is 18.4. The van der Waals surface area contributed by atoms with Crippen molar-refractivity contribution in [2.24, 2.45) is 0 Å². The Morgan fingerprint density at radius 3 is 2.45 bits per heavy atom. The number of rotatable bonds is 6. The van der Waals surface area contributed by atoms with E-state index in [0.29, 0.717) is 24.2 Å². The number of non-ortho nitro benzene ring substituents is 1. The molecular weight excluding hydrogens is 424 g/mol. The first-order valence-electron chi connectivity index (χ1n) is 11.1. The number of nitro benzene ring substituents is 1. The van der Waals surface area contributed by atoms with Crippen LogP contribution in [0.25, 0.3) is 0 Å². The number of nitrogens with zero attached hydrogens (tertiary/aromatic N) is 2. The minimum atomic E-state index is -0.778. The molecule has 9 nitrogen and oxygen atoms in total. The summed E-state index contributed by atoms with van der Waals surface area (Å²) in [7, 11) is 0. The normalized spacial score (nSPS) is 20.5. The van der Waals surface area contributed by atoms with E-state index in [2.05, 4.69) is 15.5 Å². The third-order valence-corrected chi connectivity index (χ3v) is 6.65. The zero-order chi connectivity index (χ0) is 23.6. The molecule has 2 N–H and O–H groups in total. The summed E-state index contributed by atoms with van der Waals surface area (Å²) in [5.41, 5.74) is 1.31. The number of imide groups is 1. The van der Waals surface area contributed by atoms with Crippen LogP contribution in [0.5, 0.6) is 0 Å². The lowest BCUT2D eigenvalue weighted by atomic mass is 9.72. The Labute approximate surface area is 191 Å². The SMILES string of the molecule is CCC1(c2ccc(NC(=O)c3cc([N+](=O)[O-])ccc3N3CCCC3)cc2)CCC(=O)NC1=O. The summed E-state index contributed by atoms with van der Waals surface area (Å²) < 4.78 is 0. The molecule has 2 saturated heterocycles. The van der Waals surface area contributed by atoms with Crippen LogP contribution in [0, 0.1) is 10.1 Å². The molecule has 3 amide bonds. The summed E-state index contributed by atoms with van der Waals surface area (Å²) >= 11 is 0. The molecule has 0 aromatic heterocycles. The molecule has 2 fully saturated rings. The predicted octanol–water partition coefficient (Wildman–Crippen LogP) is 3.53. The number of hydrogen-bond acceptors (Lipinski definition) is 6. The zero-order valence-electron chi connectivity index (χ0n) is 18.4.